The first-order valence-corrected chi connectivity index (χ1v) is 5.26. The van der Waals surface area contributed by atoms with Crippen LogP contribution in [0.3, 0.4) is 0 Å². The number of alkyl halides is 5. The lowest BCUT2D eigenvalue weighted by atomic mass is 10.0. The monoisotopic (exact) mass is 291 g/mol. The molecule has 1 aromatic rings. The summed E-state index contributed by atoms with van der Waals surface area (Å²) in [6, 6.07) is 4.38. The molecule has 0 radical (unpaired) electrons. The van der Waals surface area contributed by atoms with Crippen molar-refractivity contribution in [3.8, 4) is 0 Å². The number of anilines is 1. The molecule has 0 N–H and O–H groups in total. The van der Waals surface area contributed by atoms with Gasteiger partial charge < -0.3 is 0 Å². The van der Waals surface area contributed by atoms with Crippen molar-refractivity contribution in [1.29, 1.82) is 0 Å². The summed E-state index contributed by atoms with van der Waals surface area (Å²) >= 11 is 0. The second-order valence-corrected chi connectivity index (χ2v) is 3.96. The van der Waals surface area contributed by atoms with E-state index in [-0.39, 0.29) is 17.2 Å². The molecule has 1 aliphatic heterocycles. The maximum absolute atomic E-state index is 13.4. The van der Waals surface area contributed by atoms with Gasteiger partial charge in [0.15, 0.2) is 0 Å². The third-order valence-electron chi connectivity index (χ3n) is 2.61. The predicted octanol–water partition coefficient (Wildman–Crippen LogP) is 2.93. The van der Waals surface area contributed by atoms with Gasteiger partial charge in [-0.25, -0.2) is 0 Å². The van der Waals surface area contributed by atoms with Crippen LogP contribution in [-0.4, -0.2) is 23.8 Å². The number of amides is 1. The molecule has 8 heteroatoms. The zero-order chi connectivity index (χ0) is 15.1. The van der Waals surface area contributed by atoms with E-state index in [1.165, 1.54) is 12.1 Å². The third kappa shape index (κ3) is 2.28. The van der Waals surface area contributed by atoms with E-state index in [0.717, 1.165) is 12.1 Å². The van der Waals surface area contributed by atoms with E-state index in [0.29, 0.717) is 0 Å². The molecule has 0 aromatic heterocycles. The molecule has 0 spiro atoms. The van der Waals surface area contributed by atoms with Crippen LogP contribution in [0, 0.1) is 0 Å². The number of nitrogens with zero attached hydrogens (tertiary/aromatic N) is 1. The van der Waals surface area contributed by atoms with E-state index in [4.69, 9.17) is 0 Å². The fourth-order valence-corrected chi connectivity index (χ4v) is 1.69. The molecule has 3 nitrogen and oxygen atoms in total. The Kier molecular flexibility index (Phi) is 3.11. The highest BCUT2D eigenvalue weighted by Gasteiger charge is 2.47. The van der Waals surface area contributed by atoms with Gasteiger partial charge in [-0.15, -0.1) is 0 Å². The molecule has 1 amide bonds. The summed E-state index contributed by atoms with van der Waals surface area (Å²) in [6.45, 7) is 0. The first-order chi connectivity index (χ1) is 9.14. The third-order valence-corrected chi connectivity index (χ3v) is 2.61. The van der Waals surface area contributed by atoms with Gasteiger partial charge in [-0.3, -0.25) is 14.5 Å². The highest BCUT2D eigenvalue weighted by Crippen LogP contribution is 2.34. The molecular formula is C12H6F5NO2. The van der Waals surface area contributed by atoms with Gasteiger partial charge in [0.2, 0.25) is 5.78 Å². The van der Waals surface area contributed by atoms with E-state index >= 15 is 0 Å². The van der Waals surface area contributed by atoms with Gasteiger partial charge in [0.1, 0.15) is 0 Å². The molecule has 0 atom stereocenters. The lowest BCUT2D eigenvalue weighted by Gasteiger charge is -2.20. The van der Waals surface area contributed by atoms with E-state index in [1.807, 2.05) is 0 Å². The topological polar surface area (TPSA) is 37.4 Å². The van der Waals surface area contributed by atoms with E-state index in [2.05, 4.69) is 0 Å². The van der Waals surface area contributed by atoms with E-state index in [1.54, 1.807) is 0 Å². The number of allylic oxidation sites excluding steroid dienone is 1. The fraction of sp³-hybridized carbons (Fsp3) is 0.167. The number of hydrogen-bond donors (Lipinski definition) is 0. The first-order valence-electron chi connectivity index (χ1n) is 5.26. The zero-order valence-electron chi connectivity index (χ0n) is 9.62. The van der Waals surface area contributed by atoms with Crippen molar-refractivity contribution in [1.82, 2.24) is 0 Å². The van der Waals surface area contributed by atoms with Gasteiger partial charge in [0.25, 0.3) is 0 Å². The van der Waals surface area contributed by atoms with Crippen LogP contribution in [0.2, 0.25) is 0 Å². The van der Waals surface area contributed by atoms with Crippen LogP contribution in [0.5, 0.6) is 0 Å². The summed E-state index contributed by atoms with van der Waals surface area (Å²) in [5.41, 5.74) is -1.19. The van der Waals surface area contributed by atoms with Crippen LogP contribution in [0.15, 0.2) is 36.5 Å². The smallest absolute Gasteiger partial charge is 0.287 e. The summed E-state index contributed by atoms with van der Waals surface area (Å²) in [5.74, 6) is -8.00. The molecule has 1 heterocycles. The van der Waals surface area contributed by atoms with Crippen molar-refractivity contribution >= 4 is 17.4 Å². The van der Waals surface area contributed by atoms with Gasteiger partial charge in [-0.1, -0.05) is 12.1 Å². The minimum absolute atomic E-state index is 0.00581. The minimum Gasteiger partial charge on any atom is -0.287 e. The van der Waals surface area contributed by atoms with E-state index in [9.17, 15) is 31.5 Å². The van der Waals surface area contributed by atoms with Crippen molar-refractivity contribution in [2.75, 3.05) is 4.90 Å². The molecular weight excluding hydrogens is 285 g/mol. The SMILES string of the molecule is O=C(N1C=CC(F)(F)C(=O)c2ccccc21)C(F)(F)F. The Balaban J connectivity index is 2.63. The molecule has 0 unspecified atom stereocenters. The molecule has 0 saturated carbocycles. The van der Waals surface area contributed by atoms with Crippen LogP contribution in [0.4, 0.5) is 27.6 Å². The second-order valence-electron chi connectivity index (χ2n) is 3.96. The Labute approximate surface area is 109 Å². The summed E-state index contributed by atoms with van der Waals surface area (Å²) in [7, 11) is 0. The lowest BCUT2D eigenvalue weighted by molar-refractivity contribution is -0.169. The highest BCUT2D eigenvalue weighted by molar-refractivity contribution is 6.12. The van der Waals surface area contributed by atoms with Gasteiger partial charge in [-0.05, 0) is 12.1 Å². The number of halogens is 5. The molecule has 0 fully saturated rings. The number of hydrogen-bond acceptors (Lipinski definition) is 2. The zero-order valence-corrected chi connectivity index (χ0v) is 9.62. The molecule has 0 aliphatic carbocycles. The predicted molar refractivity (Wildman–Crippen MR) is 58.4 cm³/mol. The van der Waals surface area contributed by atoms with Crippen LogP contribution >= 0.6 is 0 Å². The summed E-state index contributed by atoms with van der Waals surface area (Å²) in [4.78, 5) is 22.8. The van der Waals surface area contributed by atoms with Gasteiger partial charge >= 0.3 is 18.0 Å². The largest absolute Gasteiger partial charge is 0.472 e. The quantitative estimate of drug-likeness (QED) is 0.689. The number of benzene rings is 1. The maximum atomic E-state index is 13.4. The Morgan fingerprint density at radius 1 is 1.15 bits per heavy atom. The fourth-order valence-electron chi connectivity index (χ4n) is 1.69. The molecule has 1 aliphatic rings. The maximum Gasteiger partial charge on any atom is 0.472 e. The molecule has 2 rings (SSSR count). The lowest BCUT2D eigenvalue weighted by Crippen LogP contribution is -2.38. The number of Topliss-reactive ketones (excluding diaryl/α,β-unsaturated/α-hetero) is 1. The van der Waals surface area contributed by atoms with Gasteiger partial charge in [-0.2, -0.15) is 22.0 Å². The highest BCUT2D eigenvalue weighted by atomic mass is 19.4. The van der Waals surface area contributed by atoms with Crippen LogP contribution in [0.25, 0.3) is 0 Å². The Morgan fingerprint density at radius 2 is 1.75 bits per heavy atom. The number of carbonyl (C=O) groups is 2. The molecule has 0 bridgehead atoms. The normalized spacial score (nSPS) is 17.6. The summed E-state index contributed by atoms with van der Waals surface area (Å²) in [5, 5.41) is 0. The molecule has 0 saturated heterocycles. The molecule has 1 aromatic carbocycles. The van der Waals surface area contributed by atoms with Crippen LogP contribution in [-0.2, 0) is 4.79 Å². The Hall–Kier alpha value is -2.25. The number of carbonyl (C=O) groups excluding carboxylic acids is 2. The summed E-state index contributed by atoms with van der Waals surface area (Å²) in [6.07, 6.45) is -5.02. The van der Waals surface area contributed by atoms with Crippen LogP contribution in [0.1, 0.15) is 10.4 Å². The molecule has 20 heavy (non-hydrogen) atoms. The standard InChI is InChI=1S/C12H6F5NO2/c13-11(14)5-6-18(10(20)12(15,16)17)8-4-2-1-3-7(8)9(11)19/h1-6H. The van der Waals surface area contributed by atoms with Crippen molar-refractivity contribution in [3.05, 3.63) is 42.1 Å². The van der Waals surface area contributed by atoms with E-state index < -0.39 is 35.0 Å². The summed E-state index contributed by atoms with van der Waals surface area (Å²) < 4.78 is 64.2. The Bertz CT molecular complexity index is 606. The minimum atomic E-state index is -5.25. The van der Waals surface area contributed by atoms with Gasteiger partial charge in [0, 0.05) is 17.8 Å². The average molecular weight is 291 g/mol. The first kappa shape index (κ1) is 14.2. The number of ketones is 1. The second kappa shape index (κ2) is 4.39. The van der Waals surface area contributed by atoms with Crippen molar-refractivity contribution in [2.45, 2.75) is 12.1 Å². The average Bonchev–Trinajstić information content (AvgIpc) is 2.45. The van der Waals surface area contributed by atoms with Crippen molar-refractivity contribution in [2.24, 2.45) is 0 Å². The van der Waals surface area contributed by atoms with Crippen LogP contribution < -0.4 is 4.90 Å². The van der Waals surface area contributed by atoms with Crippen molar-refractivity contribution < 1.29 is 31.5 Å². The van der Waals surface area contributed by atoms with Crippen molar-refractivity contribution in [3.63, 3.8) is 0 Å². The van der Waals surface area contributed by atoms with Gasteiger partial charge in [0.05, 0.1) is 5.69 Å². The number of fused-ring (bicyclic) bond motifs is 1. The number of rotatable bonds is 0. The number of para-hydroxylation sites is 1. The Morgan fingerprint density at radius 3 is 2.35 bits per heavy atom. The molecule has 106 valence electrons.